The molecule has 1 nitrogen and oxygen atoms in total. The third-order valence-electron chi connectivity index (χ3n) is 4.97. The van der Waals surface area contributed by atoms with Crippen LogP contribution in [0.3, 0.4) is 0 Å². The molecule has 1 heterocycles. The SMILES string of the molecule is CNCC1CCC(C(C)(C)C)CC1Cc1sccc1Br. The molecule has 0 spiro atoms. The lowest BCUT2D eigenvalue weighted by atomic mass is 9.64. The van der Waals surface area contributed by atoms with E-state index in [1.54, 1.807) is 0 Å². The Morgan fingerprint density at radius 1 is 1.30 bits per heavy atom. The number of rotatable bonds is 4. The van der Waals surface area contributed by atoms with E-state index in [4.69, 9.17) is 0 Å². The first kappa shape index (κ1) is 16.5. The highest BCUT2D eigenvalue weighted by Crippen LogP contribution is 2.44. The summed E-state index contributed by atoms with van der Waals surface area (Å²) in [6.07, 6.45) is 5.42. The zero-order chi connectivity index (χ0) is 14.8. The van der Waals surface area contributed by atoms with Crippen LogP contribution in [0.1, 0.15) is 44.9 Å². The molecule has 0 radical (unpaired) electrons. The molecular weight excluding hydrogens is 330 g/mol. The third-order valence-corrected chi connectivity index (χ3v) is 6.92. The van der Waals surface area contributed by atoms with E-state index in [9.17, 15) is 0 Å². The summed E-state index contributed by atoms with van der Waals surface area (Å²) in [7, 11) is 2.09. The summed E-state index contributed by atoms with van der Waals surface area (Å²) >= 11 is 5.61. The highest BCUT2D eigenvalue weighted by Gasteiger charge is 2.35. The van der Waals surface area contributed by atoms with Crippen molar-refractivity contribution in [2.24, 2.45) is 23.2 Å². The summed E-state index contributed by atoms with van der Waals surface area (Å²) in [5, 5.41) is 5.61. The molecule has 3 atom stereocenters. The van der Waals surface area contributed by atoms with Crippen molar-refractivity contribution in [2.75, 3.05) is 13.6 Å². The first-order chi connectivity index (χ1) is 9.41. The minimum Gasteiger partial charge on any atom is -0.319 e. The average molecular weight is 358 g/mol. The van der Waals surface area contributed by atoms with Gasteiger partial charge in [0.15, 0.2) is 0 Å². The van der Waals surface area contributed by atoms with Gasteiger partial charge < -0.3 is 5.32 Å². The quantitative estimate of drug-likeness (QED) is 0.765. The van der Waals surface area contributed by atoms with Crippen molar-refractivity contribution < 1.29 is 0 Å². The van der Waals surface area contributed by atoms with E-state index in [2.05, 4.69) is 60.5 Å². The normalized spacial score (nSPS) is 27.8. The smallest absolute Gasteiger partial charge is 0.0314 e. The number of halogens is 1. The molecule has 1 N–H and O–H groups in total. The van der Waals surface area contributed by atoms with Gasteiger partial charge in [-0.05, 0) is 89.8 Å². The second kappa shape index (κ2) is 6.93. The molecule has 3 unspecified atom stereocenters. The summed E-state index contributed by atoms with van der Waals surface area (Å²) in [5.74, 6) is 2.54. The Morgan fingerprint density at radius 2 is 2.05 bits per heavy atom. The monoisotopic (exact) mass is 357 g/mol. The standard InChI is InChI=1S/C17H28BrNS/c1-17(2,3)14-6-5-12(11-19-4)13(9-14)10-16-15(18)7-8-20-16/h7-8,12-14,19H,5-6,9-11H2,1-4H3. The van der Waals surface area contributed by atoms with Crippen molar-refractivity contribution in [2.45, 2.75) is 46.5 Å². The van der Waals surface area contributed by atoms with E-state index in [0.29, 0.717) is 5.41 Å². The van der Waals surface area contributed by atoms with E-state index < -0.39 is 0 Å². The summed E-state index contributed by atoms with van der Waals surface area (Å²) in [6.45, 7) is 8.40. The van der Waals surface area contributed by atoms with Gasteiger partial charge in [0.1, 0.15) is 0 Å². The highest BCUT2D eigenvalue weighted by atomic mass is 79.9. The summed E-state index contributed by atoms with van der Waals surface area (Å²) in [6, 6.07) is 2.19. The van der Waals surface area contributed by atoms with E-state index in [1.807, 2.05) is 11.3 Å². The van der Waals surface area contributed by atoms with E-state index >= 15 is 0 Å². The lowest BCUT2D eigenvalue weighted by Gasteiger charge is -2.42. The predicted molar refractivity (Wildman–Crippen MR) is 93.4 cm³/mol. The molecule has 1 aliphatic rings. The second-order valence-corrected chi connectivity index (χ2v) is 9.20. The van der Waals surface area contributed by atoms with Gasteiger partial charge in [-0.1, -0.05) is 20.8 Å². The zero-order valence-electron chi connectivity index (χ0n) is 13.2. The lowest BCUT2D eigenvalue weighted by Crippen LogP contribution is -2.36. The summed E-state index contributed by atoms with van der Waals surface area (Å²) in [5.41, 5.74) is 0.454. The Bertz CT molecular complexity index is 421. The lowest BCUT2D eigenvalue weighted by molar-refractivity contribution is 0.0983. The Kier molecular flexibility index (Phi) is 5.72. The highest BCUT2D eigenvalue weighted by molar-refractivity contribution is 9.10. The predicted octanol–water partition coefficient (Wildman–Crippen LogP) is 5.35. The van der Waals surface area contributed by atoms with Gasteiger partial charge in [-0.3, -0.25) is 0 Å². The van der Waals surface area contributed by atoms with Crippen LogP contribution in [0.15, 0.2) is 15.9 Å². The zero-order valence-corrected chi connectivity index (χ0v) is 15.6. The van der Waals surface area contributed by atoms with Crippen molar-refractivity contribution >= 4 is 27.3 Å². The number of nitrogens with one attached hydrogen (secondary N) is 1. The molecule has 3 heteroatoms. The van der Waals surface area contributed by atoms with Gasteiger partial charge in [-0.25, -0.2) is 0 Å². The van der Waals surface area contributed by atoms with Crippen LogP contribution in [-0.4, -0.2) is 13.6 Å². The minimum absolute atomic E-state index is 0.454. The van der Waals surface area contributed by atoms with Gasteiger partial charge in [-0.15, -0.1) is 11.3 Å². The molecule has 0 amide bonds. The molecule has 1 aromatic heterocycles. The molecule has 114 valence electrons. The second-order valence-electron chi connectivity index (χ2n) is 7.35. The molecule has 1 aliphatic carbocycles. The van der Waals surface area contributed by atoms with Gasteiger partial charge in [0.25, 0.3) is 0 Å². The van der Waals surface area contributed by atoms with Crippen LogP contribution in [0.5, 0.6) is 0 Å². The summed E-state index contributed by atoms with van der Waals surface area (Å²) in [4.78, 5) is 1.53. The molecule has 0 bridgehead atoms. The first-order valence-corrected chi connectivity index (χ1v) is 9.45. The van der Waals surface area contributed by atoms with Gasteiger partial charge in [0.05, 0.1) is 0 Å². The Balaban J connectivity index is 2.08. The Labute approximate surface area is 136 Å². The van der Waals surface area contributed by atoms with Crippen LogP contribution in [0.25, 0.3) is 0 Å². The van der Waals surface area contributed by atoms with Gasteiger partial charge in [0, 0.05) is 9.35 Å². The molecule has 1 saturated carbocycles. The summed E-state index contributed by atoms with van der Waals surface area (Å²) < 4.78 is 1.31. The maximum absolute atomic E-state index is 3.70. The fourth-order valence-electron chi connectivity index (χ4n) is 3.60. The molecule has 1 fully saturated rings. The van der Waals surface area contributed by atoms with Crippen molar-refractivity contribution in [3.05, 3.63) is 20.8 Å². The van der Waals surface area contributed by atoms with Crippen LogP contribution in [0, 0.1) is 23.2 Å². The van der Waals surface area contributed by atoms with E-state index in [1.165, 1.54) is 41.6 Å². The molecular formula is C17H28BrNS. The van der Waals surface area contributed by atoms with Crippen LogP contribution in [0.2, 0.25) is 0 Å². The number of hydrogen-bond donors (Lipinski definition) is 1. The van der Waals surface area contributed by atoms with Crippen molar-refractivity contribution in [1.29, 1.82) is 0 Å². The van der Waals surface area contributed by atoms with Crippen molar-refractivity contribution in [3.63, 3.8) is 0 Å². The average Bonchev–Trinajstić information content (AvgIpc) is 2.76. The van der Waals surface area contributed by atoms with E-state index in [0.717, 1.165) is 17.8 Å². The van der Waals surface area contributed by atoms with Crippen LogP contribution in [-0.2, 0) is 6.42 Å². The fourth-order valence-corrected chi connectivity index (χ4v) is 5.21. The van der Waals surface area contributed by atoms with Gasteiger partial charge in [0.2, 0.25) is 0 Å². The maximum Gasteiger partial charge on any atom is 0.0314 e. The fraction of sp³-hybridized carbons (Fsp3) is 0.765. The molecule has 1 aromatic rings. The first-order valence-electron chi connectivity index (χ1n) is 7.78. The van der Waals surface area contributed by atoms with Crippen molar-refractivity contribution in [3.8, 4) is 0 Å². The molecule has 0 aromatic carbocycles. The minimum atomic E-state index is 0.454. The molecule has 0 saturated heterocycles. The van der Waals surface area contributed by atoms with E-state index in [-0.39, 0.29) is 0 Å². The van der Waals surface area contributed by atoms with Crippen LogP contribution < -0.4 is 5.32 Å². The Hall–Kier alpha value is 0.140. The third kappa shape index (κ3) is 4.08. The topological polar surface area (TPSA) is 12.0 Å². The molecule has 2 rings (SSSR count). The largest absolute Gasteiger partial charge is 0.319 e. The van der Waals surface area contributed by atoms with Crippen LogP contribution >= 0.6 is 27.3 Å². The number of hydrogen-bond acceptors (Lipinski definition) is 2. The van der Waals surface area contributed by atoms with Gasteiger partial charge in [-0.2, -0.15) is 0 Å². The van der Waals surface area contributed by atoms with Crippen LogP contribution in [0.4, 0.5) is 0 Å². The van der Waals surface area contributed by atoms with Gasteiger partial charge >= 0.3 is 0 Å². The maximum atomic E-state index is 3.70. The van der Waals surface area contributed by atoms with Crippen molar-refractivity contribution in [1.82, 2.24) is 5.32 Å². The molecule has 20 heavy (non-hydrogen) atoms. The Morgan fingerprint density at radius 3 is 2.60 bits per heavy atom. The number of thiophene rings is 1. The molecule has 0 aliphatic heterocycles.